The van der Waals surface area contributed by atoms with Gasteiger partial charge in [0, 0.05) is 18.2 Å². The molecule has 0 bridgehead atoms. The first kappa shape index (κ1) is 20.8. The summed E-state index contributed by atoms with van der Waals surface area (Å²) in [7, 11) is 1.65. The molecule has 5 heteroatoms. The Hall–Kier alpha value is -1.23. The number of methoxy groups -OCH3 is 1. The van der Waals surface area contributed by atoms with Crippen LogP contribution in [0.1, 0.15) is 31.4 Å². The van der Waals surface area contributed by atoms with Crippen LogP contribution in [0.15, 0.2) is 24.8 Å². The summed E-state index contributed by atoms with van der Waals surface area (Å²) in [5, 5.41) is 12.6. The fourth-order valence-corrected chi connectivity index (χ4v) is 2.19. The van der Waals surface area contributed by atoms with Gasteiger partial charge in [0.05, 0.1) is 20.3 Å². The lowest BCUT2D eigenvalue weighted by molar-refractivity contribution is -0.00000619. The zero-order valence-corrected chi connectivity index (χ0v) is 14.4. The standard InChI is InChI=1S/C17H27NO3.ClH/c1-5-8-14-9-13(11-18-15(6-2)12-19)10-16(20-4)17(14)21-7-3;/h5,9-10,15,18-19H,1,6-8,11-12H2,2-4H3;1H/p-1. The SMILES string of the molecule is C=CCc1cc(CNC(CC)CO)cc(OC)c1OCC.[Cl-]. The minimum atomic E-state index is 0. The highest BCUT2D eigenvalue weighted by Gasteiger charge is 2.13. The van der Waals surface area contributed by atoms with Crippen LogP contribution in [0.4, 0.5) is 0 Å². The van der Waals surface area contributed by atoms with Gasteiger partial charge in [-0.25, -0.2) is 0 Å². The number of aliphatic hydroxyl groups is 1. The second kappa shape index (κ2) is 11.4. The predicted molar refractivity (Wildman–Crippen MR) is 86.1 cm³/mol. The smallest absolute Gasteiger partial charge is 0.164 e. The Morgan fingerprint density at radius 3 is 2.59 bits per heavy atom. The van der Waals surface area contributed by atoms with Crippen LogP contribution in [-0.4, -0.2) is 31.5 Å². The zero-order chi connectivity index (χ0) is 15.7. The molecule has 4 nitrogen and oxygen atoms in total. The van der Waals surface area contributed by atoms with Gasteiger partial charge in [-0.15, -0.1) is 6.58 Å². The molecule has 1 rings (SSSR count). The molecule has 2 N–H and O–H groups in total. The normalized spacial score (nSPS) is 11.5. The molecule has 0 aliphatic rings. The second-order valence-corrected chi connectivity index (χ2v) is 4.88. The molecular weight excluding hydrogens is 302 g/mol. The number of nitrogens with one attached hydrogen (secondary N) is 1. The summed E-state index contributed by atoms with van der Waals surface area (Å²) in [4.78, 5) is 0. The van der Waals surface area contributed by atoms with Crippen LogP contribution >= 0.6 is 0 Å². The van der Waals surface area contributed by atoms with E-state index in [1.54, 1.807) is 7.11 Å². The van der Waals surface area contributed by atoms with Crippen molar-refractivity contribution in [3.8, 4) is 11.5 Å². The quantitative estimate of drug-likeness (QED) is 0.578. The molecule has 0 fully saturated rings. The lowest BCUT2D eigenvalue weighted by Gasteiger charge is -2.18. The number of benzene rings is 1. The average molecular weight is 329 g/mol. The summed E-state index contributed by atoms with van der Waals surface area (Å²) in [6.07, 6.45) is 3.48. The minimum absolute atomic E-state index is 0. The van der Waals surface area contributed by atoms with Crippen LogP contribution in [0.2, 0.25) is 0 Å². The Kier molecular flexibility index (Phi) is 10.7. The van der Waals surface area contributed by atoms with Gasteiger partial charge in [-0.1, -0.05) is 19.1 Å². The Morgan fingerprint density at radius 2 is 2.09 bits per heavy atom. The van der Waals surface area contributed by atoms with Crippen LogP contribution in [0.3, 0.4) is 0 Å². The summed E-state index contributed by atoms with van der Waals surface area (Å²) in [6.45, 7) is 9.23. The van der Waals surface area contributed by atoms with Gasteiger partial charge in [-0.05, 0) is 31.4 Å². The van der Waals surface area contributed by atoms with Crippen molar-refractivity contribution in [1.29, 1.82) is 0 Å². The Labute approximate surface area is 139 Å². The number of rotatable bonds is 10. The third-order valence-electron chi connectivity index (χ3n) is 3.37. The maximum absolute atomic E-state index is 9.24. The van der Waals surface area contributed by atoms with Gasteiger partial charge in [-0.3, -0.25) is 0 Å². The van der Waals surface area contributed by atoms with Crippen molar-refractivity contribution in [3.05, 3.63) is 35.9 Å². The summed E-state index contributed by atoms with van der Waals surface area (Å²) in [5.41, 5.74) is 2.18. The highest BCUT2D eigenvalue weighted by molar-refractivity contribution is 5.50. The molecule has 0 saturated heterocycles. The molecule has 0 saturated carbocycles. The lowest BCUT2D eigenvalue weighted by atomic mass is 10.0. The van der Waals surface area contributed by atoms with Gasteiger partial charge in [-0.2, -0.15) is 0 Å². The molecule has 22 heavy (non-hydrogen) atoms. The molecule has 0 aliphatic carbocycles. The fraction of sp³-hybridized carbons (Fsp3) is 0.529. The van der Waals surface area contributed by atoms with Gasteiger partial charge < -0.3 is 32.3 Å². The van der Waals surface area contributed by atoms with E-state index in [9.17, 15) is 5.11 Å². The summed E-state index contributed by atoms with van der Waals surface area (Å²) in [5.74, 6) is 1.53. The highest BCUT2D eigenvalue weighted by Crippen LogP contribution is 2.33. The first-order valence-electron chi connectivity index (χ1n) is 7.47. The topological polar surface area (TPSA) is 50.7 Å². The van der Waals surface area contributed by atoms with E-state index in [2.05, 4.69) is 24.9 Å². The van der Waals surface area contributed by atoms with Gasteiger partial charge in [0.2, 0.25) is 0 Å². The van der Waals surface area contributed by atoms with E-state index in [1.807, 2.05) is 19.1 Å². The third-order valence-corrected chi connectivity index (χ3v) is 3.37. The van der Waals surface area contributed by atoms with Crippen molar-refractivity contribution in [3.63, 3.8) is 0 Å². The Morgan fingerprint density at radius 1 is 1.36 bits per heavy atom. The van der Waals surface area contributed by atoms with E-state index < -0.39 is 0 Å². The van der Waals surface area contributed by atoms with Gasteiger partial charge in [0.15, 0.2) is 11.5 Å². The predicted octanol–water partition coefficient (Wildman–Crippen LogP) is -0.313. The minimum Gasteiger partial charge on any atom is -1.00 e. The van der Waals surface area contributed by atoms with Gasteiger partial charge in [0.1, 0.15) is 0 Å². The third kappa shape index (κ3) is 5.87. The number of hydrogen-bond acceptors (Lipinski definition) is 4. The van der Waals surface area contributed by atoms with E-state index in [-0.39, 0.29) is 25.1 Å². The average Bonchev–Trinajstić information content (AvgIpc) is 2.50. The molecule has 1 aromatic carbocycles. The van der Waals surface area contributed by atoms with Crippen molar-refractivity contribution in [1.82, 2.24) is 5.32 Å². The molecule has 0 heterocycles. The van der Waals surface area contributed by atoms with Crippen LogP contribution in [0, 0.1) is 0 Å². The van der Waals surface area contributed by atoms with Crippen molar-refractivity contribution in [2.75, 3.05) is 20.3 Å². The number of allylic oxidation sites excluding steroid dienone is 1. The number of hydrogen-bond donors (Lipinski definition) is 2. The molecule has 1 atom stereocenters. The molecule has 126 valence electrons. The maximum atomic E-state index is 9.24. The molecular formula is C17H27ClNO3-. The molecule has 1 aromatic rings. The number of halogens is 1. The molecule has 0 radical (unpaired) electrons. The highest BCUT2D eigenvalue weighted by atomic mass is 35.5. The fourth-order valence-electron chi connectivity index (χ4n) is 2.19. The summed E-state index contributed by atoms with van der Waals surface area (Å²) >= 11 is 0. The van der Waals surface area contributed by atoms with E-state index >= 15 is 0 Å². The second-order valence-electron chi connectivity index (χ2n) is 4.88. The van der Waals surface area contributed by atoms with Gasteiger partial charge >= 0.3 is 0 Å². The van der Waals surface area contributed by atoms with E-state index in [0.29, 0.717) is 13.2 Å². The molecule has 0 aliphatic heterocycles. The molecule has 0 amide bonds. The zero-order valence-electron chi connectivity index (χ0n) is 13.7. The van der Waals surface area contributed by atoms with Gasteiger partial charge in [0.25, 0.3) is 0 Å². The van der Waals surface area contributed by atoms with Crippen molar-refractivity contribution >= 4 is 0 Å². The van der Waals surface area contributed by atoms with Crippen LogP contribution in [0.5, 0.6) is 11.5 Å². The number of aliphatic hydroxyl groups excluding tert-OH is 1. The van der Waals surface area contributed by atoms with Crippen molar-refractivity contribution in [2.45, 2.75) is 39.3 Å². The lowest BCUT2D eigenvalue weighted by Crippen LogP contribution is -3.00. The largest absolute Gasteiger partial charge is 1.00 e. The van der Waals surface area contributed by atoms with Crippen LogP contribution in [-0.2, 0) is 13.0 Å². The van der Waals surface area contributed by atoms with Crippen molar-refractivity contribution < 1.29 is 27.0 Å². The molecule has 1 unspecified atom stereocenters. The first-order valence-corrected chi connectivity index (χ1v) is 7.47. The van der Waals surface area contributed by atoms with Crippen LogP contribution < -0.4 is 27.2 Å². The maximum Gasteiger partial charge on any atom is 0.164 e. The van der Waals surface area contributed by atoms with Crippen LogP contribution in [0.25, 0.3) is 0 Å². The Balaban J connectivity index is 0.00000441. The molecule has 0 aromatic heterocycles. The Bertz CT molecular complexity index is 448. The summed E-state index contributed by atoms with van der Waals surface area (Å²) in [6, 6.07) is 4.20. The number of ether oxygens (including phenoxy) is 2. The summed E-state index contributed by atoms with van der Waals surface area (Å²) < 4.78 is 11.1. The van der Waals surface area contributed by atoms with E-state index in [4.69, 9.17) is 9.47 Å². The first-order chi connectivity index (χ1) is 10.2. The van der Waals surface area contributed by atoms with E-state index in [1.165, 1.54) is 0 Å². The molecule has 0 spiro atoms. The van der Waals surface area contributed by atoms with Crippen molar-refractivity contribution in [2.24, 2.45) is 0 Å². The monoisotopic (exact) mass is 328 g/mol. The van der Waals surface area contributed by atoms with E-state index in [0.717, 1.165) is 35.5 Å².